The first kappa shape index (κ1) is 27.9. The highest BCUT2D eigenvalue weighted by molar-refractivity contribution is 6.33. The van der Waals surface area contributed by atoms with Gasteiger partial charge >= 0.3 is 0 Å². The largest absolute Gasteiger partial charge is 0.288 e. The zero-order valence-corrected chi connectivity index (χ0v) is 19.7. The number of nitrogens with zero attached hydrogens (tertiary/aromatic N) is 2. The summed E-state index contributed by atoms with van der Waals surface area (Å²) in [4.78, 5) is 68.1. The molecule has 16 heteroatoms. The van der Waals surface area contributed by atoms with Gasteiger partial charge in [-0.25, -0.2) is 0 Å². The summed E-state index contributed by atoms with van der Waals surface area (Å²) in [6.07, 6.45) is 0.433. The third-order valence-corrected chi connectivity index (χ3v) is 5.14. The summed E-state index contributed by atoms with van der Waals surface area (Å²) in [7, 11) is 0. The number of nitrogens with one attached hydrogen (secondary N) is 4. The molecule has 190 valence electrons. The molecule has 4 N–H and O–H groups in total. The first-order chi connectivity index (χ1) is 17.0. The highest BCUT2D eigenvalue weighted by atomic mass is 35.5. The number of hydrazine groups is 2. The van der Waals surface area contributed by atoms with Crippen molar-refractivity contribution < 1.29 is 29.0 Å². The van der Waals surface area contributed by atoms with Gasteiger partial charge in [0, 0.05) is 36.1 Å². The molecule has 0 unspecified atom stereocenters. The number of carbonyl (C=O) groups excluding carboxylic acids is 4. The van der Waals surface area contributed by atoms with Crippen molar-refractivity contribution in [1.29, 1.82) is 0 Å². The molecule has 0 spiro atoms. The first-order valence-electron chi connectivity index (χ1n) is 10.1. The van der Waals surface area contributed by atoms with E-state index in [1.165, 1.54) is 24.3 Å². The molecule has 4 amide bonds. The molecule has 0 atom stereocenters. The Morgan fingerprint density at radius 1 is 0.667 bits per heavy atom. The standard InChI is InChI=1S/C20H18Cl2N6O8/c21-13-7-5-11(9-15(13)27(33)34)19(31)25-23-17(29)3-1-2-4-18(30)24-26-20(32)12-6-8-14(22)16(10-12)28(35)36/h5-10H,1-4H2,(H,23,29)(H,24,30)(H,25,31)(H,26,32). The Kier molecular flexibility index (Phi) is 10.1. The van der Waals surface area contributed by atoms with Gasteiger partial charge in [-0.05, 0) is 37.1 Å². The van der Waals surface area contributed by atoms with Crippen LogP contribution in [-0.2, 0) is 9.59 Å². The molecule has 2 aromatic rings. The van der Waals surface area contributed by atoms with Crippen LogP contribution in [0.25, 0.3) is 0 Å². The zero-order chi connectivity index (χ0) is 26.8. The van der Waals surface area contributed by atoms with Gasteiger partial charge in [0.25, 0.3) is 23.2 Å². The number of amides is 4. The van der Waals surface area contributed by atoms with Crippen LogP contribution in [0.1, 0.15) is 46.4 Å². The molecule has 14 nitrogen and oxygen atoms in total. The summed E-state index contributed by atoms with van der Waals surface area (Å²) >= 11 is 11.4. The van der Waals surface area contributed by atoms with E-state index in [1.807, 2.05) is 0 Å². The Balaban J connectivity index is 1.68. The van der Waals surface area contributed by atoms with E-state index in [1.54, 1.807) is 0 Å². The average Bonchev–Trinajstić information content (AvgIpc) is 2.83. The molecule has 0 aliphatic heterocycles. The molecule has 0 aliphatic rings. The lowest BCUT2D eigenvalue weighted by Gasteiger charge is -2.09. The van der Waals surface area contributed by atoms with Crippen LogP contribution < -0.4 is 21.7 Å². The molecule has 0 bridgehead atoms. The van der Waals surface area contributed by atoms with Gasteiger partial charge in [-0.15, -0.1) is 0 Å². The van der Waals surface area contributed by atoms with Crippen LogP contribution >= 0.6 is 23.2 Å². The summed E-state index contributed by atoms with van der Waals surface area (Å²) in [6, 6.07) is 6.81. The maximum absolute atomic E-state index is 12.0. The minimum Gasteiger partial charge on any atom is -0.273 e. The zero-order valence-electron chi connectivity index (χ0n) is 18.2. The van der Waals surface area contributed by atoms with Gasteiger partial charge < -0.3 is 0 Å². The fourth-order valence-electron chi connectivity index (χ4n) is 2.68. The number of hydrogen-bond donors (Lipinski definition) is 4. The number of halogens is 2. The summed E-state index contributed by atoms with van der Waals surface area (Å²) in [5, 5.41) is 21.5. The minimum absolute atomic E-state index is 0.0465. The van der Waals surface area contributed by atoms with Gasteiger partial charge in [-0.3, -0.25) is 61.1 Å². The van der Waals surface area contributed by atoms with Gasteiger partial charge in [-0.2, -0.15) is 0 Å². The molecule has 0 saturated heterocycles. The second kappa shape index (κ2) is 13.0. The Hall–Kier alpha value is -4.30. The van der Waals surface area contributed by atoms with Crippen LogP contribution in [0, 0.1) is 20.2 Å². The smallest absolute Gasteiger partial charge is 0.273 e. The lowest BCUT2D eigenvalue weighted by molar-refractivity contribution is -0.384. The van der Waals surface area contributed by atoms with Crippen molar-refractivity contribution in [3.8, 4) is 0 Å². The van der Waals surface area contributed by atoms with E-state index in [0.29, 0.717) is 0 Å². The second-order valence-corrected chi connectivity index (χ2v) is 7.87. The Morgan fingerprint density at radius 2 is 1.03 bits per heavy atom. The van der Waals surface area contributed by atoms with Crippen molar-refractivity contribution in [1.82, 2.24) is 21.7 Å². The van der Waals surface area contributed by atoms with E-state index in [2.05, 4.69) is 21.7 Å². The fourth-order valence-corrected chi connectivity index (χ4v) is 3.05. The van der Waals surface area contributed by atoms with Crippen LogP contribution in [0.5, 0.6) is 0 Å². The van der Waals surface area contributed by atoms with Crippen LogP contribution in [-0.4, -0.2) is 33.5 Å². The number of unbranched alkanes of at least 4 members (excludes halogenated alkanes) is 1. The van der Waals surface area contributed by atoms with Crippen molar-refractivity contribution in [2.45, 2.75) is 25.7 Å². The molecule has 0 heterocycles. The van der Waals surface area contributed by atoms with Gasteiger partial charge in [0.15, 0.2) is 0 Å². The molecule has 0 fully saturated rings. The van der Waals surface area contributed by atoms with E-state index in [4.69, 9.17) is 23.2 Å². The molecular formula is C20H18Cl2N6O8. The van der Waals surface area contributed by atoms with E-state index in [9.17, 15) is 39.4 Å². The molecule has 0 aliphatic carbocycles. The van der Waals surface area contributed by atoms with Crippen LogP contribution in [0.2, 0.25) is 10.0 Å². The van der Waals surface area contributed by atoms with E-state index in [-0.39, 0.29) is 46.9 Å². The van der Waals surface area contributed by atoms with Crippen molar-refractivity contribution in [3.63, 3.8) is 0 Å². The van der Waals surface area contributed by atoms with E-state index in [0.717, 1.165) is 12.1 Å². The molecule has 2 rings (SSSR count). The SMILES string of the molecule is O=C(CCCCC(=O)NNC(=O)c1ccc(Cl)c([N+](=O)[O-])c1)NNC(=O)c1ccc(Cl)c([N+](=O)[O-])c1. The number of nitro benzene ring substituents is 2. The predicted octanol–water partition coefficient (Wildman–Crippen LogP) is 2.59. The lowest BCUT2D eigenvalue weighted by Crippen LogP contribution is -2.42. The lowest BCUT2D eigenvalue weighted by atomic mass is 10.2. The predicted molar refractivity (Wildman–Crippen MR) is 126 cm³/mol. The van der Waals surface area contributed by atoms with Gasteiger partial charge in [0.05, 0.1) is 9.85 Å². The van der Waals surface area contributed by atoms with Crippen molar-refractivity contribution in [2.24, 2.45) is 0 Å². The number of benzene rings is 2. The number of hydrogen-bond acceptors (Lipinski definition) is 8. The van der Waals surface area contributed by atoms with Gasteiger partial charge in [0.2, 0.25) is 11.8 Å². The topological polar surface area (TPSA) is 203 Å². The van der Waals surface area contributed by atoms with Crippen LogP contribution in [0.15, 0.2) is 36.4 Å². The number of rotatable bonds is 9. The fraction of sp³-hybridized carbons (Fsp3) is 0.200. The molecule has 0 saturated carbocycles. The molecule has 0 radical (unpaired) electrons. The average molecular weight is 541 g/mol. The minimum atomic E-state index is -0.788. The summed E-state index contributed by atoms with van der Waals surface area (Å²) in [5.74, 6) is -2.71. The third kappa shape index (κ3) is 8.18. The number of carbonyl (C=O) groups is 4. The molecule has 36 heavy (non-hydrogen) atoms. The Bertz CT molecular complexity index is 1130. The van der Waals surface area contributed by atoms with Crippen LogP contribution in [0.4, 0.5) is 11.4 Å². The van der Waals surface area contributed by atoms with Crippen molar-refractivity contribution in [2.75, 3.05) is 0 Å². The van der Waals surface area contributed by atoms with Crippen molar-refractivity contribution >= 4 is 58.2 Å². The second-order valence-electron chi connectivity index (χ2n) is 7.06. The molecule has 0 aromatic heterocycles. The number of nitro groups is 2. The van der Waals surface area contributed by atoms with Crippen molar-refractivity contribution in [3.05, 3.63) is 77.8 Å². The van der Waals surface area contributed by atoms with Gasteiger partial charge in [0.1, 0.15) is 10.0 Å². The quantitative estimate of drug-likeness (QED) is 0.211. The molecular weight excluding hydrogens is 523 g/mol. The Morgan fingerprint density at radius 3 is 1.36 bits per heavy atom. The molecule has 2 aromatic carbocycles. The first-order valence-corrected chi connectivity index (χ1v) is 10.8. The third-order valence-electron chi connectivity index (χ3n) is 4.50. The normalized spacial score (nSPS) is 10.2. The van der Waals surface area contributed by atoms with Crippen LogP contribution in [0.3, 0.4) is 0 Å². The highest BCUT2D eigenvalue weighted by Crippen LogP contribution is 2.25. The van der Waals surface area contributed by atoms with Gasteiger partial charge in [-0.1, -0.05) is 23.2 Å². The highest BCUT2D eigenvalue weighted by Gasteiger charge is 2.18. The van der Waals surface area contributed by atoms with E-state index < -0.39 is 44.9 Å². The summed E-state index contributed by atoms with van der Waals surface area (Å²) in [5.41, 5.74) is 7.45. The summed E-state index contributed by atoms with van der Waals surface area (Å²) in [6.45, 7) is 0. The maximum atomic E-state index is 12.0. The monoisotopic (exact) mass is 540 g/mol. The maximum Gasteiger partial charge on any atom is 0.288 e. The summed E-state index contributed by atoms with van der Waals surface area (Å²) < 4.78 is 0. The Labute approximate surface area is 212 Å². The van der Waals surface area contributed by atoms with E-state index >= 15 is 0 Å².